The summed E-state index contributed by atoms with van der Waals surface area (Å²) in [5.41, 5.74) is 2.13. The largest absolute Gasteiger partial charge is 0.357 e. The molecule has 0 heterocycles. The molecule has 0 saturated carbocycles. The highest BCUT2D eigenvalue weighted by Gasteiger charge is 2.26. The topological polar surface area (TPSA) is 86.8 Å². The van der Waals surface area contributed by atoms with E-state index < -0.39 is 16.1 Å². The highest BCUT2D eigenvalue weighted by Crippen LogP contribution is 2.27. The van der Waals surface area contributed by atoms with Gasteiger partial charge in [0.15, 0.2) is 0 Å². The zero-order valence-corrected chi connectivity index (χ0v) is 22.3. The Bertz CT molecular complexity index is 1110. The summed E-state index contributed by atoms with van der Waals surface area (Å²) < 4.78 is 27.0. The molecule has 180 valence electrons. The number of amides is 2. The first-order valence-electron chi connectivity index (χ1n) is 10.4. The van der Waals surface area contributed by atoms with Gasteiger partial charge in [0.2, 0.25) is 21.8 Å². The molecule has 0 aliphatic carbocycles. The number of carbonyl (C=O) groups is 2. The second-order valence-corrected chi connectivity index (χ2v) is 11.1. The van der Waals surface area contributed by atoms with E-state index in [-0.39, 0.29) is 37.7 Å². The molecular formula is C23H29BrClN3O4S. The highest BCUT2D eigenvalue weighted by molar-refractivity contribution is 9.10. The minimum Gasteiger partial charge on any atom is -0.357 e. The predicted molar refractivity (Wildman–Crippen MR) is 136 cm³/mol. The summed E-state index contributed by atoms with van der Waals surface area (Å²) in [6.45, 7) is 3.85. The smallest absolute Gasteiger partial charge is 0.242 e. The number of hydrogen-bond donors (Lipinski definition) is 1. The van der Waals surface area contributed by atoms with Gasteiger partial charge < -0.3 is 10.2 Å². The lowest BCUT2D eigenvalue weighted by atomic mass is 10.1. The van der Waals surface area contributed by atoms with Gasteiger partial charge in [0.25, 0.3) is 0 Å². The van der Waals surface area contributed by atoms with Crippen LogP contribution in [-0.4, -0.2) is 51.0 Å². The second-order valence-electron chi connectivity index (χ2n) is 7.81. The van der Waals surface area contributed by atoms with Crippen molar-refractivity contribution in [2.24, 2.45) is 0 Å². The molecule has 2 amide bonds. The quantitative estimate of drug-likeness (QED) is 0.475. The van der Waals surface area contributed by atoms with Gasteiger partial charge in [-0.05, 0) is 55.7 Å². The molecule has 0 aromatic heterocycles. The van der Waals surface area contributed by atoms with Crippen LogP contribution in [0.4, 0.5) is 5.69 Å². The van der Waals surface area contributed by atoms with Gasteiger partial charge in [0.05, 0.1) is 11.9 Å². The van der Waals surface area contributed by atoms with Crippen LogP contribution in [0.15, 0.2) is 46.9 Å². The fraction of sp³-hybridized carbons (Fsp3) is 0.391. The molecule has 0 spiro atoms. The Kier molecular flexibility index (Phi) is 9.75. The number of aryl methyl sites for hydroxylation is 1. The molecule has 0 aliphatic rings. The number of carbonyl (C=O) groups excluding carboxylic acids is 2. The lowest BCUT2D eigenvalue weighted by Crippen LogP contribution is -2.46. The summed E-state index contributed by atoms with van der Waals surface area (Å²) in [6, 6.07) is 11.9. The average Bonchev–Trinajstić information content (AvgIpc) is 2.75. The van der Waals surface area contributed by atoms with E-state index in [0.717, 1.165) is 21.9 Å². The first-order valence-corrected chi connectivity index (χ1v) is 13.5. The summed E-state index contributed by atoms with van der Waals surface area (Å²) in [5.74, 6) is -0.506. The van der Waals surface area contributed by atoms with Crippen molar-refractivity contribution in [3.63, 3.8) is 0 Å². The van der Waals surface area contributed by atoms with Crippen molar-refractivity contribution < 1.29 is 18.0 Å². The van der Waals surface area contributed by atoms with E-state index in [2.05, 4.69) is 21.2 Å². The minimum absolute atomic E-state index is 0.0843. The number of halogens is 2. The molecular weight excluding hydrogens is 530 g/mol. The molecule has 0 aliphatic heterocycles. The van der Waals surface area contributed by atoms with Crippen LogP contribution in [0.3, 0.4) is 0 Å². The Hall–Kier alpha value is -2.10. The van der Waals surface area contributed by atoms with Gasteiger partial charge in [-0.25, -0.2) is 8.42 Å². The van der Waals surface area contributed by atoms with E-state index in [1.807, 2.05) is 24.3 Å². The standard InChI is InChI=1S/C23H29BrClN3O4S/c1-16-10-11-20(25)14-21(16)28(33(4,31)32)12-6-9-22(29)27(17(2)23(30)26-3)15-18-7-5-8-19(24)13-18/h5,7-8,10-11,13-14,17H,6,9,12,15H2,1-4H3,(H,26,30)/t17-/m0/s1. The zero-order valence-electron chi connectivity index (χ0n) is 19.1. The molecule has 0 unspecified atom stereocenters. The van der Waals surface area contributed by atoms with E-state index in [0.29, 0.717) is 10.7 Å². The molecule has 2 aromatic rings. The second kappa shape index (κ2) is 11.9. The molecule has 10 heteroatoms. The number of sulfonamides is 1. The van der Waals surface area contributed by atoms with E-state index >= 15 is 0 Å². The maximum atomic E-state index is 13.1. The van der Waals surface area contributed by atoms with Gasteiger partial charge >= 0.3 is 0 Å². The summed E-state index contributed by atoms with van der Waals surface area (Å²) >= 11 is 9.50. The maximum Gasteiger partial charge on any atom is 0.242 e. The van der Waals surface area contributed by atoms with Gasteiger partial charge in [-0.1, -0.05) is 45.7 Å². The van der Waals surface area contributed by atoms with Crippen LogP contribution in [0.5, 0.6) is 0 Å². The van der Waals surface area contributed by atoms with Crippen molar-refractivity contribution in [3.05, 3.63) is 63.1 Å². The minimum atomic E-state index is -3.58. The Morgan fingerprint density at radius 3 is 2.48 bits per heavy atom. The first-order chi connectivity index (χ1) is 15.4. The van der Waals surface area contributed by atoms with Crippen LogP contribution in [0, 0.1) is 6.92 Å². The van der Waals surface area contributed by atoms with Gasteiger partial charge in [0.1, 0.15) is 6.04 Å². The van der Waals surface area contributed by atoms with Crippen LogP contribution < -0.4 is 9.62 Å². The van der Waals surface area contributed by atoms with E-state index in [4.69, 9.17) is 11.6 Å². The number of rotatable bonds is 10. The summed E-state index contributed by atoms with van der Waals surface area (Å²) in [6.07, 6.45) is 1.50. The number of hydrogen-bond acceptors (Lipinski definition) is 4. The molecule has 0 radical (unpaired) electrons. The third-order valence-corrected chi connectivity index (χ3v) is 7.16. The highest BCUT2D eigenvalue weighted by atomic mass is 79.9. The molecule has 1 N–H and O–H groups in total. The number of nitrogens with one attached hydrogen (secondary N) is 1. The number of benzene rings is 2. The first kappa shape index (κ1) is 27.1. The molecule has 0 bridgehead atoms. The maximum absolute atomic E-state index is 13.1. The van der Waals surface area contributed by atoms with Crippen LogP contribution in [-0.2, 0) is 26.2 Å². The summed E-state index contributed by atoms with van der Waals surface area (Å²) in [5, 5.41) is 3.01. The molecule has 1 atom stereocenters. The zero-order chi connectivity index (χ0) is 24.8. The van der Waals surface area contributed by atoms with Crippen molar-refractivity contribution in [1.29, 1.82) is 0 Å². The third kappa shape index (κ3) is 7.72. The van der Waals surface area contributed by atoms with E-state index in [1.165, 1.54) is 16.3 Å². The Labute approximate surface area is 209 Å². The van der Waals surface area contributed by atoms with E-state index in [1.54, 1.807) is 32.0 Å². The van der Waals surface area contributed by atoms with Crippen LogP contribution in [0.2, 0.25) is 5.02 Å². The fourth-order valence-electron chi connectivity index (χ4n) is 3.46. The Morgan fingerprint density at radius 1 is 1.18 bits per heavy atom. The normalized spacial score (nSPS) is 12.2. The van der Waals surface area contributed by atoms with Crippen molar-refractivity contribution in [3.8, 4) is 0 Å². The Morgan fingerprint density at radius 2 is 1.88 bits per heavy atom. The van der Waals surface area contributed by atoms with Gasteiger partial charge in [-0.2, -0.15) is 0 Å². The summed E-state index contributed by atoms with van der Waals surface area (Å²) in [4.78, 5) is 26.9. The molecule has 0 saturated heterocycles. The Balaban J connectivity index is 2.18. The predicted octanol–water partition coefficient (Wildman–Crippen LogP) is 4.12. The molecule has 2 aromatic carbocycles. The number of nitrogens with zero attached hydrogens (tertiary/aromatic N) is 2. The van der Waals surface area contributed by atoms with Crippen LogP contribution in [0.25, 0.3) is 0 Å². The van der Waals surface area contributed by atoms with Crippen molar-refractivity contribution in [1.82, 2.24) is 10.2 Å². The van der Waals surface area contributed by atoms with Gasteiger partial charge in [-0.3, -0.25) is 13.9 Å². The van der Waals surface area contributed by atoms with Gasteiger partial charge in [0, 0.05) is 36.1 Å². The van der Waals surface area contributed by atoms with Gasteiger partial charge in [-0.15, -0.1) is 0 Å². The molecule has 7 nitrogen and oxygen atoms in total. The molecule has 0 fully saturated rings. The molecule has 33 heavy (non-hydrogen) atoms. The molecule has 2 rings (SSSR count). The van der Waals surface area contributed by atoms with Crippen molar-refractivity contribution in [2.75, 3.05) is 24.2 Å². The lowest BCUT2D eigenvalue weighted by molar-refractivity contribution is -0.140. The van der Waals surface area contributed by atoms with Crippen molar-refractivity contribution >= 4 is 55.1 Å². The van der Waals surface area contributed by atoms with E-state index in [9.17, 15) is 18.0 Å². The van der Waals surface area contributed by atoms with Crippen LogP contribution in [0.1, 0.15) is 30.9 Å². The monoisotopic (exact) mass is 557 g/mol. The summed E-state index contributed by atoms with van der Waals surface area (Å²) in [7, 11) is -2.06. The fourth-order valence-corrected chi connectivity index (χ4v) is 5.08. The number of anilines is 1. The average molecular weight is 559 g/mol. The van der Waals surface area contributed by atoms with Crippen LogP contribution >= 0.6 is 27.5 Å². The SMILES string of the molecule is CNC(=O)[C@H](C)N(Cc1cccc(Br)c1)C(=O)CCCN(c1cc(Cl)ccc1C)S(C)(=O)=O. The lowest BCUT2D eigenvalue weighted by Gasteiger charge is -2.29. The third-order valence-electron chi connectivity index (χ3n) is 5.25. The number of likely N-dealkylation sites (N-methyl/N-ethyl adjacent to an activating group) is 1. The van der Waals surface area contributed by atoms with Crippen molar-refractivity contribution in [2.45, 2.75) is 39.3 Å².